The quantitative estimate of drug-likeness (QED) is 0.706. The summed E-state index contributed by atoms with van der Waals surface area (Å²) in [4.78, 5) is 13.3. The largest absolute Gasteiger partial charge is 0.338 e. The summed E-state index contributed by atoms with van der Waals surface area (Å²) >= 11 is 0. The molecule has 0 spiro atoms. The number of urea groups is 1. The van der Waals surface area contributed by atoms with Gasteiger partial charge in [-0.15, -0.1) is 0 Å². The minimum atomic E-state index is -0.273. The van der Waals surface area contributed by atoms with Crippen molar-refractivity contribution in [3.8, 4) is 0 Å². The van der Waals surface area contributed by atoms with Gasteiger partial charge >= 0.3 is 6.03 Å². The molecule has 0 bridgehead atoms. The molecule has 6 heteroatoms. The summed E-state index contributed by atoms with van der Waals surface area (Å²) in [5.41, 5.74) is 0. The molecule has 1 rings (SSSR count). The molecule has 0 atom stereocenters. The number of hydrogen-bond acceptors (Lipinski definition) is 4. The van der Waals surface area contributed by atoms with Crippen molar-refractivity contribution < 1.29 is 9.32 Å². The van der Waals surface area contributed by atoms with Crippen molar-refractivity contribution in [3.05, 3.63) is 12.3 Å². The number of amides is 2. The second-order valence-electron chi connectivity index (χ2n) is 3.41. The average Bonchev–Trinajstić information content (AvgIpc) is 2.64. The number of hydrogen-bond donors (Lipinski definition) is 2. The first-order valence-electron chi connectivity index (χ1n) is 4.79. The Balaban J connectivity index is 2.09. The van der Waals surface area contributed by atoms with E-state index >= 15 is 0 Å². The molecule has 0 saturated heterocycles. The molecule has 84 valence electrons. The van der Waals surface area contributed by atoms with E-state index in [0.717, 1.165) is 13.0 Å². The van der Waals surface area contributed by atoms with Crippen LogP contribution in [0, 0.1) is 0 Å². The topological polar surface area (TPSA) is 70.4 Å². The second-order valence-corrected chi connectivity index (χ2v) is 3.41. The zero-order chi connectivity index (χ0) is 11.1. The Morgan fingerprint density at radius 2 is 2.40 bits per heavy atom. The van der Waals surface area contributed by atoms with Crippen LogP contribution in [0.15, 0.2) is 16.8 Å². The predicted octanol–water partition coefficient (Wildman–Crippen LogP) is 0.748. The van der Waals surface area contributed by atoms with Crippen LogP contribution in [0.2, 0.25) is 0 Å². The second kappa shape index (κ2) is 6.02. The van der Waals surface area contributed by atoms with Crippen molar-refractivity contribution in [1.82, 2.24) is 15.4 Å². The minimum Gasteiger partial charge on any atom is -0.338 e. The molecule has 0 unspecified atom stereocenters. The smallest absolute Gasteiger partial charge is 0.321 e. The van der Waals surface area contributed by atoms with Crippen molar-refractivity contribution in [2.75, 3.05) is 32.5 Å². The van der Waals surface area contributed by atoms with Gasteiger partial charge in [-0.1, -0.05) is 5.16 Å². The monoisotopic (exact) mass is 212 g/mol. The first-order valence-corrected chi connectivity index (χ1v) is 4.79. The van der Waals surface area contributed by atoms with E-state index in [0.29, 0.717) is 12.4 Å². The first-order chi connectivity index (χ1) is 7.18. The van der Waals surface area contributed by atoms with Crippen LogP contribution in [0.5, 0.6) is 0 Å². The molecule has 0 saturated carbocycles. The fourth-order valence-electron chi connectivity index (χ4n) is 1.03. The molecule has 6 nitrogen and oxygen atoms in total. The highest BCUT2D eigenvalue weighted by molar-refractivity contribution is 5.87. The summed E-state index contributed by atoms with van der Waals surface area (Å²) in [6, 6.07) is 1.31. The van der Waals surface area contributed by atoms with Gasteiger partial charge in [0.05, 0.1) is 6.20 Å². The van der Waals surface area contributed by atoms with E-state index in [2.05, 4.69) is 20.7 Å². The molecular weight excluding hydrogens is 196 g/mol. The molecule has 1 aromatic heterocycles. The van der Waals surface area contributed by atoms with Crippen LogP contribution in [0.1, 0.15) is 6.42 Å². The van der Waals surface area contributed by atoms with Crippen molar-refractivity contribution in [2.45, 2.75) is 6.42 Å². The number of nitrogens with one attached hydrogen (secondary N) is 2. The van der Waals surface area contributed by atoms with Crippen LogP contribution in [-0.4, -0.2) is 43.3 Å². The van der Waals surface area contributed by atoms with Crippen LogP contribution in [-0.2, 0) is 0 Å². The molecular formula is C9H16N4O2. The van der Waals surface area contributed by atoms with Gasteiger partial charge in [0.25, 0.3) is 0 Å². The van der Waals surface area contributed by atoms with Crippen LogP contribution >= 0.6 is 0 Å². The summed E-state index contributed by atoms with van der Waals surface area (Å²) < 4.78 is 4.72. The van der Waals surface area contributed by atoms with Crippen molar-refractivity contribution in [3.63, 3.8) is 0 Å². The molecule has 0 radical (unpaired) electrons. The highest BCUT2D eigenvalue weighted by Crippen LogP contribution is 2.02. The molecule has 2 N–H and O–H groups in total. The standard InChI is InChI=1S/C9H16N4O2/c1-13(2)7-3-5-10-9(14)12-8-4-6-11-15-8/h4,6H,3,5,7H2,1-2H3,(H2,10,12,14). The maximum atomic E-state index is 11.2. The lowest BCUT2D eigenvalue weighted by atomic mass is 10.4. The summed E-state index contributed by atoms with van der Waals surface area (Å²) in [6.45, 7) is 1.58. The van der Waals surface area contributed by atoms with Crippen LogP contribution in [0.3, 0.4) is 0 Å². The average molecular weight is 212 g/mol. The Morgan fingerprint density at radius 1 is 1.60 bits per heavy atom. The van der Waals surface area contributed by atoms with Crippen LogP contribution < -0.4 is 10.6 Å². The minimum absolute atomic E-state index is 0.273. The van der Waals surface area contributed by atoms with E-state index < -0.39 is 0 Å². The Hall–Kier alpha value is -1.56. The maximum absolute atomic E-state index is 11.2. The lowest BCUT2D eigenvalue weighted by Gasteiger charge is -2.09. The Kier molecular flexibility index (Phi) is 4.62. The van der Waals surface area contributed by atoms with E-state index in [1.54, 1.807) is 6.07 Å². The molecule has 0 aliphatic carbocycles. The van der Waals surface area contributed by atoms with Crippen molar-refractivity contribution in [2.24, 2.45) is 0 Å². The zero-order valence-electron chi connectivity index (χ0n) is 8.99. The van der Waals surface area contributed by atoms with Gasteiger partial charge in [0.1, 0.15) is 0 Å². The van der Waals surface area contributed by atoms with Gasteiger partial charge in [0, 0.05) is 12.6 Å². The Labute approximate surface area is 88.6 Å². The third-order valence-electron chi connectivity index (χ3n) is 1.74. The number of nitrogens with zero attached hydrogens (tertiary/aromatic N) is 2. The molecule has 2 amide bonds. The number of carbonyl (C=O) groups excluding carboxylic acids is 1. The SMILES string of the molecule is CN(C)CCCNC(=O)Nc1ccno1. The number of rotatable bonds is 5. The summed E-state index contributed by atoms with van der Waals surface area (Å²) in [7, 11) is 3.99. The number of carbonyl (C=O) groups is 1. The number of anilines is 1. The summed E-state index contributed by atoms with van der Waals surface area (Å²) in [5, 5.41) is 8.70. The molecule has 0 aromatic carbocycles. The molecule has 15 heavy (non-hydrogen) atoms. The van der Waals surface area contributed by atoms with Gasteiger partial charge < -0.3 is 14.7 Å². The van der Waals surface area contributed by atoms with Gasteiger partial charge in [-0.3, -0.25) is 5.32 Å². The maximum Gasteiger partial charge on any atom is 0.321 e. The van der Waals surface area contributed by atoms with E-state index in [4.69, 9.17) is 4.52 Å². The Morgan fingerprint density at radius 3 is 3.00 bits per heavy atom. The highest BCUT2D eigenvalue weighted by atomic mass is 16.5. The van der Waals surface area contributed by atoms with Gasteiger partial charge in [-0.2, -0.15) is 0 Å². The summed E-state index contributed by atoms with van der Waals surface area (Å²) in [5.74, 6) is 0.347. The van der Waals surface area contributed by atoms with Gasteiger partial charge in [-0.05, 0) is 27.1 Å². The van der Waals surface area contributed by atoms with E-state index in [1.807, 2.05) is 14.1 Å². The fraction of sp³-hybridized carbons (Fsp3) is 0.556. The van der Waals surface area contributed by atoms with E-state index in [-0.39, 0.29) is 6.03 Å². The fourth-order valence-corrected chi connectivity index (χ4v) is 1.03. The van der Waals surface area contributed by atoms with Gasteiger partial charge in [0.2, 0.25) is 5.88 Å². The van der Waals surface area contributed by atoms with Gasteiger partial charge in [0.15, 0.2) is 0 Å². The van der Waals surface area contributed by atoms with Crippen molar-refractivity contribution >= 4 is 11.9 Å². The molecule has 1 aromatic rings. The van der Waals surface area contributed by atoms with Crippen molar-refractivity contribution in [1.29, 1.82) is 0 Å². The third-order valence-corrected chi connectivity index (χ3v) is 1.74. The van der Waals surface area contributed by atoms with Crippen LogP contribution in [0.25, 0.3) is 0 Å². The Bertz CT molecular complexity index is 284. The lowest BCUT2D eigenvalue weighted by molar-refractivity contribution is 0.250. The highest BCUT2D eigenvalue weighted by Gasteiger charge is 2.02. The summed E-state index contributed by atoms with van der Waals surface area (Å²) in [6.07, 6.45) is 2.39. The lowest BCUT2D eigenvalue weighted by Crippen LogP contribution is -2.30. The third kappa shape index (κ3) is 5.02. The predicted molar refractivity (Wildman–Crippen MR) is 56.7 cm³/mol. The van der Waals surface area contributed by atoms with E-state index in [9.17, 15) is 4.79 Å². The normalized spacial score (nSPS) is 10.3. The van der Waals surface area contributed by atoms with Crippen LogP contribution in [0.4, 0.5) is 10.7 Å². The molecule has 0 aliphatic heterocycles. The molecule has 0 aliphatic rings. The molecule has 1 heterocycles. The number of aromatic nitrogens is 1. The van der Waals surface area contributed by atoms with Gasteiger partial charge in [-0.25, -0.2) is 4.79 Å². The first kappa shape index (κ1) is 11.5. The molecule has 0 fully saturated rings. The van der Waals surface area contributed by atoms with E-state index in [1.165, 1.54) is 6.20 Å². The zero-order valence-corrected chi connectivity index (χ0v) is 8.99.